The predicted octanol–water partition coefficient (Wildman–Crippen LogP) is 3.10. The zero-order chi connectivity index (χ0) is 16.2. The van der Waals surface area contributed by atoms with E-state index in [1.54, 1.807) is 0 Å². The molecule has 0 aliphatic carbocycles. The zero-order valence-corrected chi connectivity index (χ0v) is 14.2. The molecule has 0 aliphatic rings. The number of benzene rings is 1. The average molecular weight is 305 g/mol. The summed E-state index contributed by atoms with van der Waals surface area (Å²) < 4.78 is 0. The van der Waals surface area contributed by atoms with Gasteiger partial charge in [-0.1, -0.05) is 57.0 Å². The van der Waals surface area contributed by atoms with Gasteiger partial charge in [0, 0.05) is 19.6 Å². The molecule has 0 radical (unpaired) electrons. The fourth-order valence-corrected chi connectivity index (χ4v) is 2.28. The molecule has 4 heteroatoms. The van der Waals surface area contributed by atoms with Crippen LogP contribution < -0.4 is 10.6 Å². The van der Waals surface area contributed by atoms with Gasteiger partial charge >= 0.3 is 0 Å². The van der Waals surface area contributed by atoms with Gasteiger partial charge in [-0.25, -0.2) is 0 Å². The highest BCUT2D eigenvalue weighted by Gasteiger charge is 2.07. The molecule has 0 saturated heterocycles. The first-order valence-corrected chi connectivity index (χ1v) is 8.46. The van der Waals surface area contributed by atoms with E-state index in [4.69, 9.17) is 0 Å². The van der Waals surface area contributed by atoms with Crippen molar-refractivity contribution in [2.45, 2.75) is 46.1 Å². The van der Waals surface area contributed by atoms with Crippen LogP contribution in [0.4, 0.5) is 0 Å². The van der Waals surface area contributed by atoms with E-state index in [9.17, 15) is 5.11 Å². The van der Waals surface area contributed by atoms with Gasteiger partial charge in [-0.05, 0) is 24.8 Å². The number of aliphatic hydroxyl groups is 1. The first kappa shape index (κ1) is 18.5. The normalized spacial score (nSPS) is 13.2. The van der Waals surface area contributed by atoms with Crippen LogP contribution in [0.15, 0.2) is 35.3 Å². The molecule has 0 aromatic heterocycles. The van der Waals surface area contributed by atoms with Crippen LogP contribution in [0.1, 0.15) is 51.7 Å². The molecule has 0 bridgehead atoms. The number of nitrogens with zero attached hydrogens (tertiary/aromatic N) is 1. The van der Waals surface area contributed by atoms with E-state index < -0.39 is 6.10 Å². The number of guanidine groups is 1. The van der Waals surface area contributed by atoms with E-state index in [0.29, 0.717) is 18.9 Å². The van der Waals surface area contributed by atoms with Gasteiger partial charge in [-0.3, -0.25) is 4.99 Å². The molecule has 1 aromatic carbocycles. The van der Waals surface area contributed by atoms with Crippen molar-refractivity contribution in [1.82, 2.24) is 10.6 Å². The van der Waals surface area contributed by atoms with Gasteiger partial charge in [-0.2, -0.15) is 0 Å². The summed E-state index contributed by atoms with van der Waals surface area (Å²) >= 11 is 0. The van der Waals surface area contributed by atoms with Crippen LogP contribution in [0.25, 0.3) is 0 Å². The third-order valence-corrected chi connectivity index (χ3v) is 3.90. The molecule has 1 unspecified atom stereocenters. The highest BCUT2D eigenvalue weighted by Crippen LogP contribution is 2.14. The summed E-state index contributed by atoms with van der Waals surface area (Å²) in [5.41, 5.74) is 0.961. The molecular formula is C18H31N3O. The summed E-state index contributed by atoms with van der Waals surface area (Å²) in [4.78, 5) is 4.64. The summed E-state index contributed by atoms with van der Waals surface area (Å²) in [5, 5.41) is 16.7. The Kier molecular flexibility index (Phi) is 9.31. The first-order valence-electron chi connectivity index (χ1n) is 8.46. The molecule has 1 rings (SSSR count). The fourth-order valence-electron chi connectivity index (χ4n) is 2.28. The van der Waals surface area contributed by atoms with E-state index in [2.05, 4.69) is 36.4 Å². The number of aliphatic hydroxyl groups excluding tert-OH is 1. The van der Waals surface area contributed by atoms with E-state index in [1.165, 1.54) is 0 Å². The Labute approximate surface area is 135 Å². The second kappa shape index (κ2) is 11.1. The topological polar surface area (TPSA) is 56.7 Å². The predicted molar refractivity (Wildman–Crippen MR) is 94.1 cm³/mol. The molecule has 0 spiro atoms. The largest absolute Gasteiger partial charge is 0.388 e. The molecule has 124 valence electrons. The molecule has 0 fully saturated rings. The lowest BCUT2D eigenvalue weighted by Crippen LogP contribution is -2.38. The van der Waals surface area contributed by atoms with Crippen molar-refractivity contribution < 1.29 is 5.11 Å². The summed E-state index contributed by atoms with van der Waals surface area (Å²) in [5.74, 6) is 1.49. The van der Waals surface area contributed by atoms with E-state index in [1.807, 2.05) is 30.3 Å². The highest BCUT2D eigenvalue weighted by atomic mass is 16.3. The Morgan fingerprint density at radius 2 is 1.77 bits per heavy atom. The molecule has 0 heterocycles. The second-order valence-electron chi connectivity index (χ2n) is 5.54. The van der Waals surface area contributed by atoms with Gasteiger partial charge in [0.25, 0.3) is 0 Å². The molecule has 0 amide bonds. The maximum absolute atomic E-state index is 10.2. The van der Waals surface area contributed by atoms with Crippen LogP contribution in [0.3, 0.4) is 0 Å². The molecule has 1 atom stereocenters. The minimum Gasteiger partial charge on any atom is -0.388 e. The lowest BCUT2D eigenvalue weighted by molar-refractivity contribution is 0.168. The smallest absolute Gasteiger partial charge is 0.191 e. The van der Waals surface area contributed by atoms with Crippen molar-refractivity contribution in [2.75, 3.05) is 19.6 Å². The zero-order valence-electron chi connectivity index (χ0n) is 14.2. The Morgan fingerprint density at radius 1 is 1.09 bits per heavy atom. The molecule has 0 saturated carbocycles. The molecule has 4 nitrogen and oxygen atoms in total. The standard InChI is InChI=1S/C18H31N3O/c1-4-15(5-2)14-21-18(19-6-3)20-13-12-17(22)16-10-8-7-9-11-16/h7-11,15,17,22H,4-6,12-14H2,1-3H3,(H2,19,20,21). The van der Waals surface area contributed by atoms with Gasteiger partial charge < -0.3 is 15.7 Å². The summed E-state index contributed by atoms with van der Waals surface area (Å²) in [6.45, 7) is 8.87. The molecule has 1 aromatic rings. The molecule has 0 aliphatic heterocycles. The maximum Gasteiger partial charge on any atom is 0.191 e. The van der Waals surface area contributed by atoms with E-state index in [-0.39, 0.29) is 0 Å². The first-order chi connectivity index (χ1) is 10.7. The minimum atomic E-state index is -0.435. The second-order valence-corrected chi connectivity index (χ2v) is 5.54. The number of hydrogen-bond acceptors (Lipinski definition) is 2. The lowest BCUT2D eigenvalue weighted by atomic mass is 10.0. The van der Waals surface area contributed by atoms with Crippen molar-refractivity contribution in [3.63, 3.8) is 0 Å². The Bertz CT molecular complexity index is 416. The number of hydrogen-bond donors (Lipinski definition) is 3. The molecule has 3 N–H and O–H groups in total. The van der Waals surface area contributed by atoms with E-state index in [0.717, 1.165) is 37.5 Å². The fraction of sp³-hybridized carbons (Fsp3) is 0.611. The van der Waals surface area contributed by atoms with Gasteiger partial charge in [-0.15, -0.1) is 0 Å². The quantitative estimate of drug-likeness (QED) is 0.485. The SMILES string of the molecule is CCNC(=NCC(CC)CC)NCCC(O)c1ccccc1. The van der Waals surface area contributed by atoms with Gasteiger partial charge in [0.2, 0.25) is 0 Å². The maximum atomic E-state index is 10.2. The van der Waals surface area contributed by atoms with Crippen LogP contribution in [-0.2, 0) is 0 Å². The van der Waals surface area contributed by atoms with Gasteiger partial charge in [0.1, 0.15) is 0 Å². The van der Waals surface area contributed by atoms with Crippen LogP contribution >= 0.6 is 0 Å². The third-order valence-electron chi connectivity index (χ3n) is 3.90. The minimum absolute atomic E-state index is 0.435. The van der Waals surface area contributed by atoms with Crippen molar-refractivity contribution in [2.24, 2.45) is 10.9 Å². The highest BCUT2D eigenvalue weighted by molar-refractivity contribution is 5.79. The van der Waals surface area contributed by atoms with Crippen LogP contribution in [0, 0.1) is 5.92 Å². The summed E-state index contributed by atoms with van der Waals surface area (Å²) in [7, 11) is 0. The average Bonchev–Trinajstić information content (AvgIpc) is 2.56. The Morgan fingerprint density at radius 3 is 2.36 bits per heavy atom. The lowest BCUT2D eigenvalue weighted by Gasteiger charge is -2.15. The number of nitrogens with one attached hydrogen (secondary N) is 2. The van der Waals surface area contributed by atoms with Crippen LogP contribution in [0.2, 0.25) is 0 Å². The van der Waals surface area contributed by atoms with Crippen molar-refractivity contribution in [1.29, 1.82) is 0 Å². The van der Waals surface area contributed by atoms with E-state index >= 15 is 0 Å². The number of aliphatic imine (C=N–C) groups is 1. The van der Waals surface area contributed by atoms with Crippen molar-refractivity contribution >= 4 is 5.96 Å². The van der Waals surface area contributed by atoms with Crippen molar-refractivity contribution in [3.8, 4) is 0 Å². The van der Waals surface area contributed by atoms with Crippen molar-refractivity contribution in [3.05, 3.63) is 35.9 Å². The monoisotopic (exact) mass is 305 g/mol. The van der Waals surface area contributed by atoms with Crippen LogP contribution in [0.5, 0.6) is 0 Å². The third kappa shape index (κ3) is 6.94. The van der Waals surface area contributed by atoms with Gasteiger partial charge in [0.05, 0.1) is 6.10 Å². The molecule has 22 heavy (non-hydrogen) atoms. The number of rotatable bonds is 9. The van der Waals surface area contributed by atoms with Crippen LogP contribution in [-0.4, -0.2) is 30.7 Å². The molecular weight excluding hydrogens is 274 g/mol. The Hall–Kier alpha value is -1.55. The van der Waals surface area contributed by atoms with Gasteiger partial charge in [0.15, 0.2) is 5.96 Å². The summed E-state index contributed by atoms with van der Waals surface area (Å²) in [6, 6.07) is 9.77. The Balaban J connectivity index is 2.42. The summed E-state index contributed by atoms with van der Waals surface area (Å²) in [6.07, 6.45) is 2.55.